The van der Waals surface area contributed by atoms with Crippen LogP contribution in [0.2, 0.25) is 0 Å². The number of rotatable bonds is 4. The normalized spacial score (nSPS) is 11.3. The van der Waals surface area contributed by atoms with Gasteiger partial charge in [-0.1, -0.05) is 13.8 Å². The first-order chi connectivity index (χ1) is 10.4. The number of aromatic hydroxyl groups is 1. The average molecular weight is 298 g/mol. The Bertz CT molecular complexity index is 719. The summed E-state index contributed by atoms with van der Waals surface area (Å²) < 4.78 is 0. The predicted molar refractivity (Wildman–Crippen MR) is 84.5 cm³/mol. The third kappa shape index (κ3) is 3.49. The van der Waals surface area contributed by atoms with Gasteiger partial charge >= 0.3 is 5.97 Å². The van der Waals surface area contributed by atoms with Gasteiger partial charge in [-0.15, -0.1) is 0 Å². The van der Waals surface area contributed by atoms with Gasteiger partial charge in [-0.3, -0.25) is 0 Å². The molecule has 2 aromatic carbocycles. The molecular formula is C17H18N2O3. The predicted octanol–water partition coefficient (Wildman–Crippen LogP) is 4.94. The summed E-state index contributed by atoms with van der Waals surface area (Å²) in [5.74, 6) is -0.527. The number of hydrogen-bond acceptors (Lipinski definition) is 4. The monoisotopic (exact) mass is 298 g/mol. The highest BCUT2D eigenvalue weighted by molar-refractivity contribution is 5.87. The van der Waals surface area contributed by atoms with Crippen molar-refractivity contribution in [2.24, 2.45) is 10.2 Å². The summed E-state index contributed by atoms with van der Waals surface area (Å²) in [4.78, 5) is 10.8. The third-order valence-electron chi connectivity index (χ3n) is 3.35. The van der Waals surface area contributed by atoms with Gasteiger partial charge in [0, 0.05) is 0 Å². The molecule has 2 aromatic rings. The van der Waals surface area contributed by atoms with Crippen molar-refractivity contribution in [3.63, 3.8) is 0 Å². The van der Waals surface area contributed by atoms with Gasteiger partial charge < -0.3 is 10.2 Å². The maximum Gasteiger partial charge on any atom is 0.335 e. The summed E-state index contributed by atoms with van der Waals surface area (Å²) in [6.07, 6.45) is 0. The van der Waals surface area contributed by atoms with Gasteiger partial charge in [-0.05, 0) is 60.4 Å². The van der Waals surface area contributed by atoms with Crippen LogP contribution in [0.4, 0.5) is 11.4 Å². The van der Waals surface area contributed by atoms with Crippen LogP contribution in [0.25, 0.3) is 0 Å². The molecule has 0 aliphatic heterocycles. The van der Waals surface area contributed by atoms with Crippen LogP contribution >= 0.6 is 0 Å². The van der Waals surface area contributed by atoms with E-state index in [-0.39, 0.29) is 17.2 Å². The Hall–Kier alpha value is -2.69. The molecule has 0 saturated carbocycles. The van der Waals surface area contributed by atoms with Crippen molar-refractivity contribution >= 4 is 17.3 Å². The highest BCUT2D eigenvalue weighted by Gasteiger charge is 2.09. The molecule has 0 heterocycles. The Morgan fingerprint density at radius 3 is 2.27 bits per heavy atom. The Morgan fingerprint density at radius 1 is 1.09 bits per heavy atom. The number of phenols is 1. The van der Waals surface area contributed by atoms with Crippen LogP contribution in [0.1, 0.15) is 41.3 Å². The van der Waals surface area contributed by atoms with Gasteiger partial charge in [-0.2, -0.15) is 10.2 Å². The summed E-state index contributed by atoms with van der Waals surface area (Å²) >= 11 is 0. The first-order valence-corrected chi connectivity index (χ1v) is 6.97. The number of phenolic OH excluding ortho intramolecular Hbond substituents is 1. The SMILES string of the molecule is Cc1cc(O)c(C(C)C)cc1N=Nc1ccc(C(=O)O)cc1. The third-order valence-corrected chi connectivity index (χ3v) is 3.35. The molecule has 5 nitrogen and oxygen atoms in total. The van der Waals surface area contributed by atoms with Crippen molar-refractivity contribution in [3.8, 4) is 5.75 Å². The van der Waals surface area contributed by atoms with E-state index in [2.05, 4.69) is 10.2 Å². The van der Waals surface area contributed by atoms with Gasteiger partial charge in [-0.25, -0.2) is 4.79 Å². The molecule has 0 aromatic heterocycles. The van der Waals surface area contributed by atoms with Gasteiger partial charge in [0.1, 0.15) is 5.75 Å². The Balaban J connectivity index is 2.29. The van der Waals surface area contributed by atoms with E-state index in [0.29, 0.717) is 11.4 Å². The topological polar surface area (TPSA) is 82.2 Å². The van der Waals surface area contributed by atoms with Crippen LogP contribution < -0.4 is 0 Å². The van der Waals surface area contributed by atoms with Gasteiger partial charge in [0.2, 0.25) is 0 Å². The van der Waals surface area contributed by atoms with Crippen LogP contribution in [0.5, 0.6) is 5.75 Å². The van der Waals surface area contributed by atoms with Gasteiger partial charge in [0.25, 0.3) is 0 Å². The summed E-state index contributed by atoms with van der Waals surface area (Å²) in [5.41, 5.74) is 3.11. The minimum Gasteiger partial charge on any atom is -0.508 e. The molecule has 2 rings (SSSR count). The first kappa shape index (κ1) is 15.7. The lowest BCUT2D eigenvalue weighted by Gasteiger charge is -2.10. The van der Waals surface area contributed by atoms with Crippen molar-refractivity contribution in [3.05, 3.63) is 53.1 Å². The maximum absolute atomic E-state index is 10.8. The molecule has 0 aliphatic rings. The molecule has 0 fully saturated rings. The van der Waals surface area contributed by atoms with Crippen molar-refractivity contribution in [1.29, 1.82) is 0 Å². The molecule has 0 amide bonds. The minimum atomic E-state index is -0.973. The summed E-state index contributed by atoms with van der Waals surface area (Å²) in [6.45, 7) is 5.84. The molecule has 0 unspecified atom stereocenters. The number of benzene rings is 2. The second kappa shape index (κ2) is 6.39. The molecular weight excluding hydrogens is 280 g/mol. The fourth-order valence-electron chi connectivity index (χ4n) is 2.05. The lowest BCUT2D eigenvalue weighted by Crippen LogP contribution is -1.93. The number of aromatic carboxylic acids is 1. The van der Waals surface area contributed by atoms with Crippen LogP contribution in [-0.2, 0) is 0 Å². The molecule has 0 atom stereocenters. The average Bonchev–Trinajstić information content (AvgIpc) is 2.46. The van der Waals surface area contributed by atoms with E-state index in [1.807, 2.05) is 26.8 Å². The van der Waals surface area contributed by atoms with E-state index in [1.54, 1.807) is 18.2 Å². The van der Waals surface area contributed by atoms with E-state index in [9.17, 15) is 9.90 Å². The zero-order valence-electron chi connectivity index (χ0n) is 12.7. The Labute approximate surface area is 129 Å². The number of aryl methyl sites for hydroxylation is 1. The quantitative estimate of drug-likeness (QED) is 0.784. The molecule has 0 radical (unpaired) electrons. The second-order valence-electron chi connectivity index (χ2n) is 5.40. The van der Waals surface area contributed by atoms with Crippen LogP contribution in [-0.4, -0.2) is 16.2 Å². The summed E-state index contributed by atoms with van der Waals surface area (Å²) in [7, 11) is 0. The van der Waals surface area contributed by atoms with Gasteiger partial charge in [0.15, 0.2) is 0 Å². The molecule has 114 valence electrons. The molecule has 22 heavy (non-hydrogen) atoms. The van der Waals surface area contributed by atoms with Crippen molar-refractivity contribution < 1.29 is 15.0 Å². The molecule has 5 heteroatoms. The van der Waals surface area contributed by atoms with Crippen LogP contribution in [0.3, 0.4) is 0 Å². The van der Waals surface area contributed by atoms with E-state index in [4.69, 9.17) is 5.11 Å². The minimum absolute atomic E-state index is 0.185. The van der Waals surface area contributed by atoms with E-state index in [1.165, 1.54) is 12.1 Å². The van der Waals surface area contributed by atoms with Crippen molar-refractivity contribution in [2.75, 3.05) is 0 Å². The first-order valence-electron chi connectivity index (χ1n) is 6.97. The number of carbonyl (C=O) groups is 1. The Kier molecular flexibility index (Phi) is 4.56. The highest BCUT2D eigenvalue weighted by Crippen LogP contribution is 2.33. The zero-order chi connectivity index (χ0) is 16.3. The standard InChI is InChI=1S/C17H18N2O3/c1-10(2)14-9-15(11(3)8-16(14)20)19-18-13-6-4-12(5-7-13)17(21)22/h4-10,20H,1-3H3,(H,21,22). The fraction of sp³-hybridized carbons (Fsp3) is 0.235. The lowest BCUT2D eigenvalue weighted by atomic mass is 9.99. The molecule has 0 bridgehead atoms. The van der Waals surface area contributed by atoms with Gasteiger partial charge in [0.05, 0.1) is 16.9 Å². The number of carboxylic acids is 1. The van der Waals surface area contributed by atoms with E-state index in [0.717, 1.165) is 11.1 Å². The molecule has 2 N–H and O–H groups in total. The smallest absolute Gasteiger partial charge is 0.335 e. The molecule has 0 spiro atoms. The second-order valence-corrected chi connectivity index (χ2v) is 5.40. The largest absolute Gasteiger partial charge is 0.508 e. The van der Waals surface area contributed by atoms with E-state index >= 15 is 0 Å². The lowest BCUT2D eigenvalue weighted by molar-refractivity contribution is 0.0697. The molecule has 0 aliphatic carbocycles. The highest BCUT2D eigenvalue weighted by atomic mass is 16.4. The van der Waals surface area contributed by atoms with Crippen molar-refractivity contribution in [2.45, 2.75) is 26.7 Å². The van der Waals surface area contributed by atoms with Crippen molar-refractivity contribution in [1.82, 2.24) is 0 Å². The number of nitrogens with zero attached hydrogens (tertiary/aromatic N) is 2. The van der Waals surface area contributed by atoms with Crippen LogP contribution in [0, 0.1) is 6.92 Å². The number of carboxylic acid groups (broad SMARTS) is 1. The molecule has 0 saturated heterocycles. The summed E-state index contributed by atoms with van der Waals surface area (Å²) in [6, 6.07) is 9.68. The number of hydrogen-bond donors (Lipinski definition) is 2. The van der Waals surface area contributed by atoms with E-state index < -0.39 is 5.97 Å². The number of azo groups is 1. The summed E-state index contributed by atoms with van der Waals surface area (Å²) in [5, 5.41) is 27.1. The maximum atomic E-state index is 10.8. The van der Waals surface area contributed by atoms with Crippen LogP contribution in [0.15, 0.2) is 46.6 Å². The zero-order valence-corrected chi connectivity index (χ0v) is 12.7. The fourth-order valence-corrected chi connectivity index (χ4v) is 2.05. The Morgan fingerprint density at radius 2 is 1.73 bits per heavy atom.